The van der Waals surface area contributed by atoms with Crippen molar-refractivity contribution in [1.29, 1.82) is 0 Å². The summed E-state index contributed by atoms with van der Waals surface area (Å²) in [5.74, 6) is 2.50. The quantitative estimate of drug-likeness (QED) is 0.463. The number of pyridine rings is 1. The van der Waals surface area contributed by atoms with Gasteiger partial charge in [0.05, 0.1) is 5.52 Å². The number of fused-ring (bicyclic) bond motifs is 1. The van der Waals surface area contributed by atoms with Crippen molar-refractivity contribution in [3.8, 4) is 0 Å². The summed E-state index contributed by atoms with van der Waals surface area (Å²) in [5, 5.41) is 0. The van der Waals surface area contributed by atoms with Crippen LogP contribution >= 0.6 is 11.8 Å². The molecule has 0 amide bonds. The summed E-state index contributed by atoms with van der Waals surface area (Å²) in [6, 6.07) is 10.5. The standard InChI is InChI=1S/C20H26N4OS/c1-14-13-22-19(21)17-18(14)24(20(23-17)15(2)25-3)11-7-8-12-26-16-9-5-4-6-10-16/h4-6,9-10,13,15H,7-8,11-12H2,1-3H3,(H2,21,22). The van der Waals surface area contributed by atoms with Crippen molar-refractivity contribution in [2.24, 2.45) is 0 Å². The zero-order valence-corrected chi connectivity index (χ0v) is 16.4. The van der Waals surface area contributed by atoms with Crippen molar-refractivity contribution < 1.29 is 4.74 Å². The topological polar surface area (TPSA) is 66.0 Å². The van der Waals surface area contributed by atoms with E-state index in [4.69, 9.17) is 15.5 Å². The molecule has 2 aromatic heterocycles. The molecule has 0 aliphatic rings. The summed E-state index contributed by atoms with van der Waals surface area (Å²) in [7, 11) is 1.71. The van der Waals surface area contributed by atoms with Crippen LogP contribution in [0.3, 0.4) is 0 Å². The number of methoxy groups -OCH3 is 1. The molecular weight excluding hydrogens is 344 g/mol. The fourth-order valence-corrected chi connectivity index (χ4v) is 3.99. The van der Waals surface area contributed by atoms with Gasteiger partial charge in [-0.1, -0.05) is 18.2 Å². The van der Waals surface area contributed by atoms with E-state index in [0.29, 0.717) is 5.82 Å². The first kappa shape index (κ1) is 18.7. The fourth-order valence-electron chi connectivity index (χ4n) is 3.06. The molecule has 0 aliphatic heterocycles. The molecule has 1 unspecified atom stereocenters. The molecule has 6 heteroatoms. The molecule has 0 spiro atoms. The number of benzene rings is 1. The molecule has 0 saturated heterocycles. The van der Waals surface area contributed by atoms with E-state index in [9.17, 15) is 0 Å². The van der Waals surface area contributed by atoms with E-state index < -0.39 is 0 Å². The molecule has 3 rings (SSSR count). The van der Waals surface area contributed by atoms with E-state index >= 15 is 0 Å². The van der Waals surface area contributed by atoms with Gasteiger partial charge in [-0.3, -0.25) is 0 Å². The Morgan fingerprint density at radius 2 is 2.00 bits per heavy atom. The van der Waals surface area contributed by atoms with E-state index in [1.54, 1.807) is 7.11 Å². The monoisotopic (exact) mass is 370 g/mol. The number of nitrogens with zero attached hydrogens (tertiary/aromatic N) is 3. The minimum atomic E-state index is -0.0834. The smallest absolute Gasteiger partial charge is 0.151 e. The van der Waals surface area contributed by atoms with Crippen LogP contribution in [0.15, 0.2) is 41.4 Å². The third-order valence-corrected chi connectivity index (χ3v) is 5.61. The van der Waals surface area contributed by atoms with Crippen LogP contribution in [0.1, 0.15) is 37.3 Å². The first-order valence-corrected chi connectivity index (χ1v) is 9.92. The highest BCUT2D eigenvalue weighted by Gasteiger charge is 2.19. The molecule has 0 radical (unpaired) electrons. The molecule has 0 saturated carbocycles. The number of hydrogen-bond donors (Lipinski definition) is 1. The van der Waals surface area contributed by atoms with Crippen molar-refractivity contribution in [2.75, 3.05) is 18.6 Å². The maximum Gasteiger partial charge on any atom is 0.151 e. The number of rotatable bonds is 8. The molecule has 2 N–H and O–H groups in total. The number of anilines is 1. The van der Waals surface area contributed by atoms with Gasteiger partial charge in [0.15, 0.2) is 5.82 Å². The summed E-state index contributed by atoms with van der Waals surface area (Å²) >= 11 is 1.90. The molecule has 0 fully saturated rings. The van der Waals surface area contributed by atoms with Gasteiger partial charge in [-0.25, -0.2) is 9.97 Å². The minimum absolute atomic E-state index is 0.0834. The van der Waals surface area contributed by atoms with Crippen LogP contribution < -0.4 is 5.73 Å². The number of unbranched alkanes of at least 4 members (excludes halogenated alkanes) is 1. The average molecular weight is 371 g/mol. The Balaban J connectivity index is 1.72. The van der Waals surface area contributed by atoms with Gasteiger partial charge >= 0.3 is 0 Å². The summed E-state index contributed by atoms with van der Waals surface area (Å²) in [6.07, 6.45) is 3.96. The molecular formula is C20H26N4OS. The Kier molecular flexibility index (Phi) is 6.16. The van der Waals surface area contributed by atoms with E-state index in [0.717, 1.165) is 47.6 Å². The summed E-state index contributed by atoms with van der Waals surface area (Å²) in [4.78, 5) is 10.3. The number of aryl methyl sites for hydroxylation is 2. The van der Waals surface area contributed by atoms with Crippen LogP contribution in [0.5, 0.6) is 0 Å². The number of imidazole rings is 1. The van der Waals surface area contributed by atoms with Crippen molar-refractivity contribution in [3.05, 3.63) is 47.9 Å². The lowest BCUT2D eigenvalue weighted by Gasteiger charge is -2.14. The lowest BCUT2D eigenvalue weighted by atomic mass is 10.2. The second-order valence-corrected chi connectivity index (χ2v) is 7.56. The van der Waals surface area contributed by atoms with Gasteiger partial charge in [0.25, 0.3) is 0 Å². The first-order chi connectivity index (χ1) is 12.6. The lowest BCUT2D eigenvalue weighted by Crippen LogP contribution is -2.09. The Morgan fingerprint density at radius 3 is 2.73 bits per heavy atom. The SMILES string of the molecule is COC(C)c1nc2c(N)ncc(C)c2n1CCCCSc1ccccc1. The molecule has 1 atom stereocenters. The second kappa shape index (κ2) is 8.56. The molecule has 1 aromatic carbocycles. The van der Waals surface area contributed by atoms with Gasteiger partial charge in [-0.2, -0.15) is 0 Å². The van der Waals surface area contributed by atoms with Crippen LogP contribution in [0.25, 0.3) is 11.0 Å². The van der Waals surface area contributed by atoms with Crippen molar-refractivity contribution in [3.63, 3.8) is 0 Å². The predicted molar refractivity (Wildman–Crippen MR) is 109 cm³/mol. The molecule has 3 aromatic rings. The molecule has 5 nitrogen and oxygen atoms in total. The number of nitrogen functional groups attached to an aromatic ring is 1. The summed E-state index contributed by atoms with van der Waals surface area (Å²) in [5.41, 5.74) is 9.01. The van der Waals surface area contributed by atoms with Gasteiger partial charge in [-0.05, 0) is 50.1 Å². The zero-order chi connectivity index (χ0) is 18.5. The van der Waals surface area contributed by atoms with Gasteiger partial charge < -0.3 is 15.0 Å². The number of hydrogen-bond acceptors (Lipinski definition) is 5. The third kappa shape index (κ3) is 4.02. The minimum Gasteiger partial charge on any atom is -0.382 e. The van der Waals surface area contributed by atoms with Gasteiger partial charge in [0.1, 0.15) is 17.4 Å². The molecule has 26 heavy (non-hydrogen) atoms. The highest BCUT2D eigenvalue weighted by Crippen LogP contribution is 2.28. The normalized spacial score (nSPS) is 12.6. The van der Waals surface area contributed by atoms with Crippen LogP contribution in [0.4, 0.5) is 5.82 Å². The van der Waals surface area contributed by atoms with Crippen molar-refractivity contribution in [2.45, 2.75) is 44.2 Å². The van der Waals surface area contributed by atoms with E-state index in [2.05, 4.69) is 46.8 Å². The maximum atomic E-state index is 6.06. The van der Waals surface area contributed by atoms with E-state index in [-0.39, 0.29) is 6.10 Å². The largest absolute Gasteiger partial charge is 0.382 e. The lowest BCUT2D eigenvalue weighted by molar-refractivity contribution is 0.109. The van der Waals surface area contributed by atoms with Gasteiger partial charge in [-0.15, -0.1) is 11.8 Å². The third-order valence-electron chi connectivity index (χ3n) is 4.52. The van der Waals surface area contributed by atoms with E-state index in [1.165, 1.54) is 4.90 Å². The Morgan fingerprint density at radius 1 is 1.23 bits per heavy atom. The van der Waals surface area contributed by atoms with Crippen molar-refractivity contribution >= 4 is 28.6 Å². The van der Waals surface area contributed by atoms with Gasteiger partial charge in [0.2, 0.25) is 0 Å². The first-order valence-electron chi connectivity index (χ1n) is 8.93. The predicted octanol–water partition coefficient (Wildman–Crippen LogP) is 4.60. The maximum absolute atomic E-state index is 6.06. The molecule has 138 valence electrons. The summed E-state index contributed by atoms with van der Waals surface area (Å²) in [6.45, 7) is 4.97. The number of aromatic nitrogens is 3. The fraction of sp³-hybridized carbons (Fsp3) is 0.400. The number of ether oxygens (including phenoxy) is 1. The summed E-state index contributed by atoms with van der Waals surface area (Å²) < 4.78 is 7.78. The van der Waals surface area contributed by atoms with Crippen molar-refractivity contribution in [1.82, 2.24) is 14.5 Å². The molecule has 0 aliphatic carbocycles. The molecule has 0 bridgehead atoms. The Labute approximate surface area is 159 Å². The van der Waals surface area contributed by atoms with Crippen LogP contribution in [0, 0.1) is 6.92 Å². The number of thioether (sulfide) groups is 1. The second-order valence-electron chi connectivity index (χ2n) is 6.39. The van der Waals surface area contributed by atoms with Crippen LogP contribution in [-0.2, 0) is 11.3 Å². The highest BCUT2D eigenvalue weighted by molar-refractivity contribution is 7.99. The van der Waals surface area contributed by atoms with Crippen LogP contribution in [0.2, 0.25) is 0 Å². The van der Waals surface area contributed by atoms with E-state index in [1.807, 2.05) is 24.9 Å². The van der Waals surface area contributed by atoms with Crippen LogP contribution in [-0.4, -0.2) is 27.4 Å². The molecule has 2 heterocycles. The number of nitrogens with two attached hydrogens (primary N) is 1. The average Bonchev–Trinajstić information content (AvgIpc) is 3.05. The Hall–Kier alpha value is -2.05. The Bertz CT molecular complexity index is 863. The van der Waals surface area contributed by atoms with Gasteiger partial charge in [0, 0.05) is 24.7 Å². The highest BCUT2D eigenvalue weighted by atomic mass is 32.2. The zero-order valence-electron chi connectivity index (χ0n) is 15.6.